The molecule has 0 atom stereocenters. The van der Waals surface area contributed by atoms with Crippen molar-refractivity contribution in [3.8, 4) is 5.75 Å². The summed E-state index contributed by atoms with van der Waals surface area (Å²) in [6.45, 7) is 1.91. The van der Waals surface area contributed by atoms with Crippen LogP contribution in [0.1, 0.15) is 15.9 Å². The van der Waals surface area contributed by atoms with Gasteiger partial charge in [0.05, 0.1) is 11.3 Å². The van der Waals surface area contributed by atoms with Crippen LogP contribution in [0.25, 0.3) is 0 Å². The number of benzene rings is 3. The molecule has 8 heteroatoms. The molecule has 4 rings (SSSR count). The maximum atomic E-state index is 12.8. The van der Waals surface area contributed by atoms with E-state index in [0.717, 1.165) is 14.0 Å². The van der Waals surface area contributed by atoms with E-state index in [9.17, 15) is 14.4 Å². The van der Waals surface area contributed by atoms with Crippen LogP contribution in [0.3, 0.4) is 0 Å². The number of halogens is 2. The molecule has 0 spiro atoms. The number of esters is 1. The number of hydrogen-bond donors (Lipinski definition) is 1. The van der Waals surface area contributed by atoms with Crippen molar-refractivity contribution in [2.75, 3.05) is 10.2 Å². The van der Waals surface area contributed by atoms with Gasteiger partial charge in [-0.2, -0.15) is 0 Å². The number of imide groups is 1. The molecule has 0 fully saturated rings. The van der Waals surface area contributed by atoms with Crippen LogP contribution in [0.5, 0.6) is 5.75 Å². The quantitative estimate of drug-likeness (QED) is 0.200. The predicted molar refractivity (Wildman–Crippen MR) is 131 cm³/mol. The lowest BCUT2D eigenvalue weighted by atomic mass is 10.2. The second kappa shape index (κ2) is 9.13. The van der Waals surface area contributed by atoms with E-state index >= 15 is 0 Å². The van der Waals surface area contributed by atoms with E-state index in [1.54, 1.807) is 60.7 Å². The van der Waals surface area contributed by atoms with Crippen molar-refractivity contribution < 1.29 is 19.1 Å². The highest BCUT2D eigenvalue weighted by atomic mass is 127. The minimum Gasteiger partial charge on any atom is -0.423 e. The third-order valence-corrected chi connectivity index (χ3v) is 5.77. The van der Waals surface area contributed by atoms with Crippen molar-refractivity contribution in [2.24, 2.45) is 0 Å². The largest absolute Gasteiger partial charge is 0.423 e. The van der Waals surface area contributed by atoms with Crippen molar-refractivity contribution >= 4 is 63.4 Å². The minimum absolute atomic E-state index is 0.0229. The Bertz CT molecular complexity index is 1250. The highest BCUT2D eigenvalue weighted by molar-refractivity contribution is 14.1. The Labute approximate surface area is 203 Å². The van der Waals surface area contributed by atoms with E-state index in [0.29, 0.717) is 22.7 Å². The van der Waals surface area contributed by atoms with Crippen LogP contribution in [0, 0.1) is 10.5 Å². The maximum absolute atomic E-state index is 12.8. The Morgan fingerprint density at radius 2 is 1.66 bits per heavy atom. The van der Waals surface area contributed by atoms with Gasteiger partial charge < -0.3 is 10.1 Å². The van der Waals surface area contributed by atoms with Crippen LogP contribution < -0.4 is 15.0 Å². The van der Waals surface area contributed by atoms with Crippen molar-refractivity contribution in [1.29, 1.82) is 0 Å². The van der Waals surface area contributed by atoms with Crippen LogP contribution in [0.15, 0.2) is 83.5 Å². The molecule has 0 saturated heterocycles. The Hall–Kier alpha value is -3.17. The molecule has 1 aliphatic rings. The Kier molecular flexibility index (Phi) is 6.29. The van der Waals surface area contributed by atoms with Gasteiger partial charge in [0.25, 0.3) is 11.8 Å². The molecule has 1 heterocycles. The Balaban J connectivity index is 1.48. The molecule has 0 aromatic heterocycles. The number of anilines is 2. The van der Waals surface area contributed by atoms with Gasteiger partial charge in [-0.15, -0.1) is 0 Å². The monoisotopic (exact) mass is 558 g/mol. The Morgan fingerprint density at radius 3 is 2.31 bits per heavy atom. The fourth-order valence-corrected chi connectivity index (χ4v) is 3.69. The smallest absolute Gasteiger partial charge is 0.343 e. The fourth-order valence-electron chi connectivity index (χ4n) is 3.11. The van der Waals surface area contributed by atoms with Crippen LogP contribution in [0.2, 0.25) is 0 Å². The second-order valence-electron chi connectivity index (χ2n) is 7.02. The molecule has 0 radical (unpaired) electrons. The van der Waals surface area contributed by atoms with E-state index in [2.05, 4.69) is 27.9 Å². The molecule has 32 heavy (non-hydrogen) atoms. The summed E-state index contributed by atoms with van der Waals surface area (Å²) in [5.74, 6) is -1.20. The fraction of sp³-hybridized carbons (Fsp3) is 0.0417. The summed E-state index contributed by atoms with van der Waals surface area (Å²) in [5, 5.41) is 2.69. The average molecular weight is 559 g/mol. The summed E-state index contributed by atoms with van der Waals surface area (Å²) >= 11 is 8.30. The normalized spacial score (nSPS) is 13.5. The van der Waals surface area contributed by atoms with E-state index in [-0.39, 0.29) is 10.7 Å². The summed E-state index contributed by atoms with van der Waals surface area (Å²) in [7, 11) is 0. The lowest BCUT2D eigenvalue weighted by molar-refractivity contribution is -0.120. The van der Waals surface area contributed by atoms with Crippen LogP contribution in [-0.4, -0.2) is 17.8 Å². The Morgan fingerprint density at radius 1 is 0.969 bits per heavy atom. The second-order valence-corrected chi connectivity index (χ2v) is 8.64. The summed E-state index contributed by atoms with van der Waals surface area (Å²) in [5.41, 5.74) is 2.23. The van der Waals surface area contributed by atoms with Gasteiger partial charge in [0.15, 0.2) is 0 Å². The number of amides is 2. The van der Waals surface area contributed by atoms with E-state index in [4.69, 9.17) is 16.3 Å². The van der Waals surface area contributed by atoms with Crippen molar-refractivity contribution in [3.05, 3.63) is 98.2 Å². The van der Waals surface area contributed by atoms with Gasteiger partial charge in [0, 0.05) is 9.26 Å². The van der Waals surface area contributed by atoms with Gasteiger partial charge in [0.1, 0.15) is 16.5 Å². The van der Waals surface area contributed by atoms with Gasteiger partial charge in [0.2, 0.25) is 0 Å². The van der Waals surface area contributed by atoms with E-state index in [1.165, 1.54) is 0 Å². The van der Waals surface area contributed by atoms with Crippen LogP contribution in [-0.2, 0) is 9.59 Å². The number of nitrogens with zero attached hydrogens (tertiary/aromatic N) is 1. The van der Waals surface area contributed by atoms with Crippen LogP contribution >= 0.6 is 34.2 Å². The van der Waals surface area contributed by atoms with Gasteiger partial charge in [-0.1, -0.05) is 23.7 Å². The average Bonchev–Trinajstić information content (AvgIpc) is 2.98. The molecule has 0 unspecified atom stereocenters. The summed E-state index contributed by atoms with van der Waals surface area (Å²) in [4.78, 5) is 38.8. The van der Waals surface area contributed by atoms with Crippen molar-refractivity contribution in [2.45, 2.75) is 6.92 Å². The summed E-state index contributed by atoms with van der Waals surface area (Å²) < 4.78 is 6.35. The first-order chi connectivity index (χ1) is 15.3. The molecule has 6 nitrogen and oxygen atoms in total. The van der Waals surface area contributed by atoms with E-state index in [1.807, 2.05) is 19.1 Å². The molecule has 0 saturated carbocycles. The number of aryl methyl sites for hydroxylation is 1. The van der Waals surface area contributed by atoms with Crippen LogP contribution in [0.4, 0.5) is 11.4 Å². The zero-order valence-electron chi connectivity index (χ0n) is 16.8. The molecule has 3 aromatic carbocycles. The van der Waals surface area contributed by atoms with Gasteiger partial charge in [-0.05, 0) is 95.7 Å². The first-order valence-electron chi connectivity index (χ1n) is 9.53. The predicted octanol–water partition coefficient (Wildman–Crippen LogP) is 5.25. The number of hydrogen-bond acceptors (Lipinski definition) is 5. The SMILES string of the molecule is Cc1cccc(OC(=O)c2ccc(NC3=C(Cl)C(=O)N(c4ccc(I)cc4)C3=O)cc2)c1. The first kappa shape index (κ1) is 22.0. The molecule has 3 aromatic rings. The molecule has 1 aliphatic heterocycles. The summed E-state index contributed by atoms with van der Waals surface area (Å²) in [6, 6.07) is 20.5. The lowest BCUT2D eigenvalue weighted by Crippen LogP contribution is -2.32. The number of rotatable bonds is 5. The molecule has 2 amide bonds. The number of carbonyl (C=O) groups excluding carboxylic acids is 3. The molecule has 0 aliphatic carbocycles. The first-order valence-corrected chi connectivity index (χ1v) is 11.0. The molecular weight excluding hydrogens is 543 g/mol. The molecular formula is C24H16ClIN2O4. The number of carbonyl (C=O) groups is 3. The lowest BCUT2D eigenvalue weighted by Gasteiger charge is -2.15. The molecule has 1 N–H and O–H groups in total. The topological polar surface area (TPSA) is 75.7 Å². The highest BCUT2D eigenvalue weighted by Gasteiger charge is 2.38. The minimum atomic E-state index is -0.598. The third-order valence-electron chi connectivity index (χ3n) is 4.70. The maximum Gasteiger partial charge on any atom is 0.343 e. The zero-order valence-corrected chi connectivity index (χ0v) is 19.7. The zero-order chi connectivity index (χ0) is 22.8. The van der Waals surface area contributed by atoms with Crippen molar-refractivity contribution in [1.82, 2.24) is 0 Å². The molecule has 0 bridgehead atoms. The third kappa shape index (κ3) is 4.53. The standard InChI is InChI=1S/C24H16ClIN2O4/c1-14-3-2-4-19(13-14)32-24(31)15-5-9-17(10-6-15)27-21-20(25)22(29)28(23(21)30)18-11-7-16(26)8-12-18/h2-13,27H,1H3. The summed E-state index contributed by atoms with van der Waals surface area (Å²) in [6.07, 6.45) is 0. The number of ether oxygens (including phenoxy) is 1. The van der Waals surface area contributed by atoms with E-state index < -0.39 is 17.8 Å². The van der Waals surface area contributed by atoms with Gasteiger partial charge >= 0.3 is 5.97 Å². The van der Waals surface area contributed by atoms with Gasteiger partial charge in [-0.25, -0.2) is 9.69 Å². The van der Waals surface area contributed by atoms with Gasteiger partial charge in [-0.3, -0.25) is 9.59 Å². The number of nitrogens with one attached hydrogen (secondary N) is 1. The highest BCUT2D eigenvalue weighted by Crippen LogP contribution is 2.30. The molecule has 160 valence electrons. The van der Waals surface area contributed by atoms with Crippen molar-refractivity contribution in [3.63, 3.8) is 0 Å².